The van der Waals surface area contributed by atoms with Crippen molar-refractivity contribution < 1.29 is 15.3 Å². The Hall–Kier alpha value is -0.120. The van der Waals surface area contributed by atoms with E-state index in [-0.39, 0.29) is 5.41 Å². The third-order valence-corrected chi connectivity index (χ3v) is 6.17. The minimum Gasteiger partial charge on any atom is -0.390 e. The van der Waals surface area contributed by atoms with Crippen LogP contribution in [0.15, 0.2) is 0 Å². The average Bonchev–Trinajstić information content (AvgIpc) is 2.22. The Labute approximate surface area is 109 Å². The molecule has 2 atom stereocenters. The summed E-state index contributed by atoms with van der Waals surface area (Å²) in [5.74, 6) is 0.390. The van der Waals surface area contributed by atoms with Gasteiger partial charge >= 0.3 is 0 Å². The minimum absolute atomic E-state index is 0.264. The Morgan fingerprint density at radius 2 is 1.44 bits per heavy atom. The maximum Gasteiger partial charge on any atom is 0.0700 e. The van der Waals surface area contributed by atoms with Crippen molar-refractivity contribution in [3.8, 4) is 0 Å². The number of hydrogen-bond acceptors (Lipinski definition) is 3. The zero-order valence-electron chi connectivity index (χ0n) is 11.6. The fraction of sp³-hybridized carbons (Fsp3) is 1.00. The van der Waals surface area contributed by atoms with E-state index in [0.717, 1.165) is 19.3 Å². The van der Waals surface area contributed by atoms with Crippen molar-refractivity contribution in [2.45, 2.75) is 82.0 Å². The number of hydrogen-bond donors (Lipinski definition) is 3. The van der Waals surface area contributed by atoms with Crippen LogP contribution in [0, 0.1) is 11.3 Å². The SMILES string of the molecule is CCC(O)(CC)C12CC3CC(O)(CC(O)(C3)C1)C2. The predicted octanol–water partition coefficient (Wildman–Crippen LogP) is 1.98. The summed E-state index contributed by atoms with van der Waals surface area (Å²) in [6.07, 6.45) is 5.91. The van der Waals surface area contributed by atoms with Crippen LogP contribution in [0.5, 0.6) is 0 Å². The normalized spacial score (nSPS) is 50.8. The summed E-state index contributed by atoms with van der Waals surface area (Å²) in [5.41, 5.74) is -2.45. The van der Waals surface area contributed by atoms with E-state index in [1.807, 2.05) is 13.8 Å². The highest BCUT2D eigenvalue weighted by Crippen LogP contribution is 2.67. The first-order valence-corrected chi connectivity index (χ1v) is 7.45. The Morgan fingerprint density at radius 1 is 0.944 bits per heavy atom. The van der Waals surface area contributed by atoms with Crippen molar-refractivity contribution in [3.05, 3.63) is 0 Å². The molecule has 0 radical (unpaired) electrons. The summed E-state index contributed by atoms with van der Waals surface area (Å²) in [7, 11) is 0. The number of rotatable bonds is 3. The molecule has 0 spiro atoms. The van der Waals surface area contributed by atoms with Gasteiger partial charge in [-0.05, 0) is 50.9 Å². The zero-order chi connectivity index (χ0) is 13.2. The highest BCUT2D eigenvalue weighted by molar-refractivity contribution is 5.18. The second-order valence-corrected chi connectivity index (χ2v) is 7.48. The average molecular weight is 254 g/mol. The predicted molar refractivity (Wildman–Crippen MR) is 69.1 cm³/mol. The Bertz CT molecular complexity index is 343. The van der Waals surface area contributed by atoms with Gasteiger partial charge in [-0.3, -0.25) is 0 Å². The molecule has 4 aliphatic rings. The first kappa shape index (κ1) is 12.9. The molecule has 0 saturated heterocycles. The maximum absolute atomic E-state index is 11.0. The van der Waals surface area contributed by atoms with Crippen LogP contribution in [0.4, 0.5) is 0 Å². The molecule has 0 aromatic rings. The molecule has 4 fully saturated rings. The van der Waals surface area contributed by atoms with E-state index >= 15 is 0 Å². The van der Waals surface area contributed by atoms with E-state index in [1.165, 1.54) is 0 Å². The highest BCUT2D eigenvalue weighted by Gasteiger charge is 2.67. The molecular weight excluding hydrogens is 228 g/mol. The maximum atomic E-state index is 11.0. The molecule has 3 nitrogen and oxygen atoms in total. The van der Waals surface area contributed by atoms with Crippen molar-refractivity contribution in [3.63, 3.8) is 0 Å². The summed E-state index contributed by atoms with van der Waals surface area (Å²) in [6.45, 7) is 4.05. The van der Waals surface area contributed by atoms with Gasteiger partial charge in [0.1, 0.15) is 0 Å². The zero-order valence-corrected chi connectivity index (χ0v) is 11.6. The van der Waals surface area contributed by atoms with E-state index in [0.29, 0.717) is 38.0 Å². The summed E-state index contributed by atoms with van der Waals surface area (Å²) >= 11 is 0. The Kier molecular flexibility index (Phi) is 2.51. The summed E-state index contributed by atoms with van der Waals surface area (Å²) < 4.78 is 0. The van der Waals surface area contributed by atoms with Crippen LogP contribution < -0.4 is 0 Å². The van der Waals surface area contributed by atoms with Gasteiger partial charge in [-0.2, -0.15) is 0 Å². The molecule has 3 heteroatoms. The lowest BCUT2D eigenvalue weighted by atomic mass is 9.42. The fourth-order valence-corrected chi connectivity index (χ4v) is 5.86. The van der Waals surface area contributed by atoms with E-state index in [9.17, 15) is 15.3 Å². The quantitative estimate of drug-likeness (QED) is 0.722. The summed E-state index contributed by atoms with van der Waals surface area (Å²) in [5, 5.41) is 32.4. The van der Waals surface area contributed by atoms with Crippen molar-refractivity contribution in [2.75, 3.05) is 0 Å². The smallest absolute Gasteiger partial charge is 0.0700 e. The Morgan fingerprint density at radius 3 is 1.83 bits per heavy atom. The molecule has 4 rings (SSSR count). The van der Waals surface area contributed by atoms with Gasteiger partial charge in [-0.25, -0.2) is 0 Å². The van der Waals surface area contributed by atoms with Crippen LogP contribution in [0.2, 0.25) is 0 Å². The highest BCUT2D eigenvalue weighted by atomic mass is 16.3. The van der Waals surface area contributed by atoms with Crippen molar-refractivity contribution in [1.82, 2.24) is 0 Å². The van der Waals surface area contributed by atoms with E-state index in [4.69, 9.17) is 0 Å². The standard InChI is InChI=1S/C15H26O3/c1-3-15(18,4-2)12-5-11-6-13(16,8-12)10-14(17,7-11)9-12/h11,16-18H,3-10H2,1-2H3. The third-order valence-electron chi connectivity index (χ3n) is 6.17. The molecular formula is C15H26O3. The van der Waals surface area contributed by atoms with Gasteiger partial charge in [0.05, 0.1) is 16.8 Å². The fourth-order valence-electron chi connectivity index (χ4n) is 5.86. The summed E-state index contributed by atoms with van der Waals surface area (Å²) in [6, 6.07) is 0. The number of aliphatic hydroxyl groups is 3. The second kappa shape index (κ2) is 3.50. The van der Waals surface area contributed by atoms with Gasteiger partial charge in [-0.15, -0.1) is 0 Å². The molecule has 0 aliphatic heterocycles. The van der Waals surface area contributed by atoms with Crippen molar-refractivity contribution in [2.24, 2.45) is 11.3 Å². The lowest BCUT2D eigenvalue weighted by Gasteiger charge is -2.67. The first-order chi connectivity index (χ1) is 8.28. The molecule has 0 aromatic carbocycles. The molecule has 0 aromatic heterocycles. The monoisotopic (exact) mass is 254 g/mol. The van der Waals surface area contributed by atoms with E-state index in [1.54, 1.807) is 0 Å². The van der Waals surface area contributed by atoms with Crippen molar-refractivity contribution >= 4 is 0 Å². The topological polar surface area (TPSA) is 60.7 Å². The van der Waals surface area contributed by atoms with Gasteiger partial charge in [-0.1, -0.05) is 13.8 Å². The molecule has 18 heavy (non-hydrogen) atoms. The third kappa shape index (κ3) is 1.53. The molecule has 4 aliphatic carbocycles. The van der Waals surface area contributed by atoms with Gasteiger partial charge in [0, 0.05) is 11.8 Å². The van der Waals surface area contributed by atoms with Gasteiger partial charge in [0.2, 0.25) is 0 Å². The van der Waals surface area contributed by atoms with Crippen LogP contribution in [0.1, 0.15) is 65.2 Å². The second-order valence-electron chi connectivity index (χ2n) is 7.48. The van der Waals surface area contributed by atoms with Crippen LogP contribution in [-0.2, 0) is 0 Å². The minimum atomic E-state index is -0.730. The molecule has 3 N–H and O–H groups in total. The van der Waals surface area contributed by atoms with Crippen LogP contribution >= 0.6 is 0 Å². The van der Waals surface area contributed by atoms with E-state index in [2.05, 4.69) is 0 Å². The molecule has 0 amide bonds. The van der Waals surface area contributed by atoms with Gasteiger partial charge in [0.25, 0.3) is 0 Å². The Balaban J connectivity index is 2.03. The lowest BCUT2D eigenvalue weighted by Crippen LogP contribution is -2.68. The molecule has 4 saturated carbocycles. The van der Waals surface area contributed by atoms with Gasteiger partial charge < -0.3 is 15.3 Å². The molecule has 104 valence electrons. The molecule has 0 heterocycles. The van der Waals surface area contributed by atoms with Gasteiger partial charge in [0.15, 0.2) is 0 Å². The summed E-state index contributed by atoms with van der Waals surface area (Å²) in [4.78, 5) is 0. The van der Waals surface area contributed by atoms with Crippen LogP contribution in [-0.4, -0.2) is 32.1 Å². The van der Waals surface area contributed by atoms with Crippen LogP contribution in [0.3, 0.4) is 0 Å². The molecule has 4 bridgehead atoms. The first-order valence-electron chi connectivity index (χ1n) is 7.45. The van der Waals surface area contributed by atoms with Crippen molar-refractivity contribution in [1.29, 1.82) is 0 Å². The molecule has 2 unspecified atom stereocenters. The van der Waals surface area contributed by atoms with E-state index < -0.39 is 16.8 Å². The van der Waals surface area contributed by atoms with Crippen LogP contribution in [0.25, 0.3) is 0 Å². The largest absolute Gasteiger partial charge is 0.390 e. The lowest BCUT2D eigenvalue weighted by molar-refractivity contribution is -0.275.